The molecular weight excluding hydrogens is 343 g/mol. The van der Waals surface area contributed by atoms with Gasteiger partial charge in [-0.1, -0.05) is 12.1 Å². The zero-order valence-electron chi connectivity index (χ0n) is 14.6. The summed E-state index contributed by atoms with van der Waals surface area (Å²) in [6.45, 7) is -0.454. The molecule has 140 valence electrons. The number of halogens is 1. The third kappa shape index (κ3) is 5.10. The molecule has 0 radical (unpaired) electrons. The van der Waals surface area contributed by atoms with Crippen molar-refractivity contribution in [2.24, 2.45) is 0 Å². The molecule has 0 aliphatic carbocycles. The molecular formula is C19H21FO6. The molecule has 1 unspecified atom stereocenters. The van der Waals surface area contributed by atoms with Gasteiger partial charge in [-0.05, 0) is 48.2 Å². The maximum Gasteiger partial charge on any atom is 0.341 e. The number of methoxy groups -OCH3 is 2. The van der Waals surface area contributed by atoms with Gasteiger partial charge in [0.05, 0.1) is 20.3 Å². The number of hydrogen-bond acceptors (Lipinski definition) is 5. The van der Waals surface area contributed by atoms with Crippen LogP contribution >= 0.6 is 0 Å². The van der Waals surface area contributed by atoms with Crippen molar-refractivity contribution in [3.8, 4) is 17.2 Å². The zero-order valence-corrected chi connectivity index (χ0v) is 14.6. The average Bonchev–Trinajstić information content (AvgIpc) is 2.64. The predicted molar refractivity (Wildman–Crippen MR) is 92.4 cm³/mol. The Morgan fingerprint density at radius 3 is 2.62 bits per heavy atom. The van der Waals surface area contributed by atoms with Crippen molar-refractivity contribution in [3.63, 3.8) is 0 Å². The summed E-state index contributed by atoms with van der Waals surface area (Å²) in [5, 5.41) is 19.0. The third-order valence-electron chi connectivity index (χ3n) is 3.80. The molecule has 1 atom stereocenters. The van der Waals surface area contributed by atoms with Crippen LogP contribution in [0.25, 0.3) is 0 Å². The van der Waals surface area contributed by atoms with Gasteiger partial charge in [0.2, 0.25) is 0 Å². The van der Waals surface area contributed by atoms with Crippen molar-refractivity contribution >= 4 is 5.97 Å². The summed E-state index contributed by atoms with van der Waals surface area (Å²) in [6.07, 6.45) is -0.0461. The van der Waals surface area contributed by atoms with Gasteiger partial charge in [-0.2, -0.15) is 0 Å². The largest absolute Gasteiger partial charge is 0.493 e. The van der Waals surface area contributed by atoms with Crippen LogP contribution in [0.4, 0.5) is 4.39 Å². The van der Waals surface area contributed by atoms with E-state index in [9.17, 15) is 14.3 Å². The predicted octanol–water partition coefficient (Wildman–Crippen LogP) is 2.97. The van der Waals surface area contributed by atoms with Crippen LogP contribution in [0.1, 0.15) is 23.7 Å². The van der Waals surface area contributed by atoms with E-state index >= 15 is 0 Å². The topological polar surface area (TPSA) is 85.2 Å². The molecule has 7 heteroatoms. The van der Waals surface area contributed by atoms with E-state index < -0.39 is 24.5 Å². The van der Waals surface area contributed by atoms with Gasteiger partial charge < -0.3 is 24.4 Å². The van der Waals surface area contributed by atoms with Crippen molar-refractivity contribution in [1.82, 2.24) is 0 Å². The summed E-state index contributed by atoms with van der Waals surface area (Å²) >= 11 is 0. The molecule has 0 aliphatic heterocycles. The maximum atomic E-state index is 14.0. The van der Waals surface area contributed by atoms with Crippen molar-refractivity contribution in [3.05, 3.63) is 53.3 Å². The summed E-state index contributed by atoms with van der Waals surface area (Å²) in [4.78, 5) is 10.6. The molecule has 2 aromatic rings. The average molecular weight is 364 g/mol. The normalized spacial score (nSPS) is 11.7. The van der Waals surface area contributed by atoms with Gasteiger partial charge in [-0.3, -0.25) is 0 Å². The number of aliphatic carboxylic acids is 1. The van der Waals surface area contributed by atoms with Crippen LogP contribution in [0.5, 0.6) is 17.2 Å². The molecule has 0 amide bonds. The minimum absolute atomic E-state index is 0.0417. The Labute approximate surface area is 150 Å². The van der Waals surface area contributed by atoms with Gasteiger partial charge in [0.15, 0.2) is 23.9 Å². The molecule has 0 saturated carbocycles. The lowest BCUT2D eigenvalue weighted by Crippen LogP contribution is -2.09. The first-order valence-electron chi connectivity index (χ1n) is 7.97. The van der Waals surface area contributed by atoms with Crippen molar-refractivity contribution < 1.29 is 33.6 Å². The molecule has 0 aliphatic rings. The number of aryl methyl sites for hydroxylation is 1. The smallest absolute Gasteiger partial charge is 0.341 e. The summed E-state index contributed by atoms with van der Waals surface area (Å²) in [6, 6.07) is 9.60. The summed E-state index contributed by atoms with van der Waals surface area (Å²) in [5.74, 6) is -0.908. The molecule has 0 fully saturated rings. The second-order valence-corrected chi connectivity index (χ2v) is 5.62. The number of hydrogen-bond donors (Lipinski definition) is 2. The summed E-state index contributed by atoms with van der Waals surface area (Å²) < 4.78 is 29.2. The van der Waals surface area contributed by atoms with Gasteiger partial charge in [-0.25, -0.2) is 9.18 Å². The van der Waals surface area contributed by atoms with E-state index in [1.165, 1.54) is 20.3 Å². The van der Waals surface area contributed by atoms with E-state index in [0.29, 0.717) is 35.5 Å². The van der Waals surface area contributed by atoms with E-state index in [-0.39, 0.29) is 5.75 Å². The molecule has 2 rings (SSSR count). The molecule has 0 spiro atoms. The first-order chi connectivity index (χ1) is 12.4. The Balaban J connectivity index is 2.04. The molecule has 6 nitrogen and oxygen atoms in total. The number of carboxylic acids is 1. The van der Waals surface area contributed by atoms with Crippen LogP contribution in [-0.2, 0) is 11.2 Å². The van der Waals surface area contributed by atoms with Crippen molar-refractivity contribution in [2.45, 2.75) is 18.9 Å². The number of benzene rings is 2. The fourth-order valence-corrected chi connectivity index (χ4v) is 2.54. The molecule has 0 bridgehead atoms. The molecule has 2 N–H and O–H groups in total. The van der Waals surface area contributed by atoms with Crippen LogP contribution in [0.3, 0.4) is 0 Å². The molecule has 26 heavy (non-hydrogen) atoms. The second kappa shape index (κ2) is 9.05. The van der Waals surface area contributed by atoms with Gasteiger partial charge in [0.1, 0.15) is 5.75 Å². The van der Waals surface area contributed by atoms with E-state index in [0.717, 1.165) is 0 Å². The number of aliphatic hydroxyl groups excluding tert-OH is 1. The number of carbonyl (C=O) groups is 1. The Bertz CT molecular complexity index is 762. The zero-order chi connectivity index (χ0) is 19.1. The highest BCUT2D eigenvalue weighted by atomic mass is 19.1. The minimum atomic E-state index is -1.08. The quantitative estimate of drug-likeness (QED) is 0.712. The summed E-state index contributed by atoms with van der Waals surface area (Å²) in [5.41, 5.74) is 1.26. The van der Waals surface area contributed by atoms with Gasteiger partial charge in [0, 0.05) is 0 Å². The lowest BCUT2D eigenvalue weighted by Gasteiger charge is -2.14. The van der Waals surface area contributed by atoms with Gasteiger partial charge >= 0.3 is 5.97 Å². The first kappa shape index (κ1) is 19.5. The Morgan fingerprint density at radius 2 is 1.96 bits per heavy atom. The number of ether oxygens (including phenoxy) is 3. The van der Waals surface area contributed by atoms with Crippen LogP contribution in [-0.4, -0.2) is 37.0 Å². The number of carboxylic acid groups (broad SMARTS) is 1. The molecule has 0 saturated heterocycles. The van der Waals surface area contributed by atoms with E-state index in [1.54, 1.807) is 30.3 Å². The SMILES string of the molecule is COc1cc(CCC(O)c2cccc(OCC(=O)O)c2)cc(F)c1OC. The minimum Gasteiger partial charge on any atom is -0.493 e. The maximum absolute atomic E-state index is 14.0. The van der Waals surface area contributed by atoms with Crippen molar-refractivity contribution in [1.29, 1.82) is 0 Å². The summed E-state index contributed by atoms with van der Waals surface area (Å²) in [7, 11) is 2.79. The van der Waals surface area contributed by atoms with Crippen LogP contribution in [0.15, 0.2) is 36.4 Å². The van der Waals surface area contributed by atoms with Crippen LogP contribution in [0.2, 0.25) is 0 Å². The Kier molecular flexibility index (Phi) is 6.80. The monoisotopic (exact) mass is 364 g/mol. The van der Waals surface area contributed by atoms with Gasteiger partial charge in [0.25, 0.3) is 0 Å². The highest BCUT2D eigenvalue weighted by Gasteiger charge is 2.14. The van der Waals surface area contributed by atoms with Crippen LogP contribution < -0.4 is 14.2 Å². The van der Waals surface area contributed by atoms with Crippen LogP contribution in [0, 0.1) is 5.82 Å². The molecule has 0 aromatic heterocycles. The lowest BCUT2D eigenvalue weighted by atomic mass is 10.0. The Morgan fingerprint density at radius 1 is 1.19 bits per heavy atom. The number of aliphatic hydroxyl groups is 1. The fraction of sp³-hybridized carbons (Fsp3) is 0.316. The highest BCUT2D eigenvalue weighted by molar-refractivity contribution is 5.68. The van der Waals surface area contributed by atoms with E-state index in [4.69, 9.17) is 19.3 Å². The first-order valence-corrected chi connectivity index (χ1v) is 7.97. The molecule has 2 aromatic carbocycles. The Hall–Kier alpha value is -2.80. The third-order valence-corrected chi connectivity index (χ3v) is 3.80. The number of rotatable bonds is 9. The fourth-order valence-electron chi connectivity index (χ4n) is 2.54. The van der Waals surface area contributed by atoms with E-state index in [2.05, 4.69) is 0 Å². The van der Waals surface area contributed by atoms with E-state index in [1.807, 2.05) is 0 Å². The lowest BCUT2D eigenvalue weighted by molar-refractivity contribution is -0.139. The highest BCUT2D eigenvalue weighted by Crippen LogP contribution is 2.32. The molecule has 0 heterocycles. The second-order valence-electron chi connectivity index (χ2n) is 5.62. The van der Waals surface area contributed by atoms with Gasteiger partial charge in [-0.15, -0.1) is 0 Å². The standard InChI is InChI=1S/C19H21FO6/c1-24-17-9-12(8-15(20)19(17)25-2)6-7-16(21)13-4-3-5-14(10-13)26-11-18(22)23/h3-5,8-10,16,21H,6-7,11H2,1-2H3,(H,22,23). The van der Waals surface area contributed by atoms with Crippen molar-refractivity contribution in [2.75, 3.05) is 20.8 Å².